The zero-order valence-electron chi connectivity index (χ0n) is 8.95. The van der Waals surface area contributed by atoms with Gasteiger partial charge in [-0.05, 0) is 31.2 Å². The van der Waals surface area contributed by atoms with Crippen LogP contribution in [0.5, 0.6) is 0 Å². The third-order valence-electron chi connectivity index (χ3n) is 2.88. The van der Waals surface area contributed by atoms with Crippen molar-refractivity contribution in [2.24, 2.45) is 0 Å². The Morgan fingerprint density at radius 1 is 1.31 bits per heavy atom. The van der Waals surface area contributed by atoms with E-state index in [0.717, 1.165) is 43.4 Å². The lowest BCUT2D eigenvalue weighted by molar-refractivity contribution is -0.136. The van der Waals surface area contributed by atoms with Gasteiger partial charge in [0, 0.05) is 5.69 Å². The van der Waals surface area contributed by atoms with E-state index in [-0.39, 0.29) is 6.42 Å². The van der Waals surface area contributed by atoms with Crippen molar-refractivity contribution in [1.82, 2.24) is 9.97 Å². The van der Waals surface area contributed by atoms with Gasteiger partial charge < -0.3 is 10.1 Å². The van der Waals surface area contributed by atoms with E-state index >= 15 is 0 Å². The van der Waals surface area contributed by atoms with Gasteiger partial charge in [-0.1, -0.05) is 6.42 Å². The quantitative estimate of drug-likeness (QED) is 0.720. The summed E-state index contributed by atoms with van der Waals surface area (Å²) in [5.41, 5.74) is 1.83. The minimum Gasteiger partial charge on any atom is -0.481 e. The summed E-state index contributed by atoms with van der Waals surface area (Å²) in [4.78, 5) is 28.5. The van der Waals surface area contributed by atoms with Gasteiger partial charge in [-0.25, -0.2) is 4.79 Å². The topological polar surface area (TPSA) is 83.0 Å². The fourth-order valence-electron chi connectivity index (χ4n) is 2.18. The highest BCUT2D eigenvalue weighted by atomic mass is 16.4. The molecule has 16 heavy (non-hydrogen) atoms. The average Bonchev–Trinajstić information content (AvgIpc) is 2.41. The molecule has 0 saturated carbocycles. The number of nitrogens with one attached hydrogen (secondary N) is 1. The lowest BCUT2D eigenvalue weighted by atomic mass is 10.0. The predicted octanol–water partition coefficient (Wildman–Crippen LogP) is 0.666. The Kier molecular flexibility index (Phi) is 3.03. The second-order valence-corrected chi connectivity index (χ2v) is 4.08. The molecule has 1 heterocycles. The molecular formula is C11H14N2O3. The highest BCUT2D eigenvalue weighted by Gasteiger charge is 2.16. The molecule has 0 unspecified atom stereocenters. The van der Waals surface area contributed by atoms with Crippen molar-refractivity contribution in [3.8, 4) is 0 Å². The van der Waals surface area contributed by atoms with Crippen LogP contribution in [0.25, 0.3) is 0 Å². The molecule has 0 saturated heterocycles. The Morgan fingerprint density at radius 2 is 2.06 bits per heavy atom. The van der Waals surface area contributed by atoms with Gasteiger partial charge in [0.1, 0.15) is 0 Å². The summed E-state index contributed by atoms with van der Waals surface area (Å²) in [5.74, 6) is -0.940. The highest BCUT2D eigenvalue weighted by molar-refractivity contribution is 5.70. The van der Waals surface area contributed by atoms with Gasteiger partial charge in [0.05, 0.1) is 12.1 Å². The van der Waals surface area contributed by atoms with Crippen LogP contribution in [-0.2, 0) is 24.1 Å². The predicted molar refractivity (Wildman–Crippen MR) is 57.5 cm³/mol. The van der Waals surface area contributed by atoms with E-state index in [1.807, 2.05) is 0 Å². The van der Waals surface area contributed by atoms with Crippen molar-refractivity contribution < 1.29 is 9.90 Å². The Labute approximate surface area is 92.5 Å². The maximum Gasteiger partial charge on any atom is 0.345 e. The van der Waals surface area contributed by atoms with E-state index < -0.39 is 11.7 Å². The molecule has 0 aliphatic heterocycles. The molecule has 86 valence electrons. The summed E-state index contributed by atoms with van der Waals surface area (Å²) in [6.45, 7) is 0. The third-order valence-corrected chi connectivity index (χ3v) is 2.88. The van der Waals surface area contributed by atoms with Crippen molar-refractivity contribution in [3.63, 3.8) is 0 Å². The fraction of sp³-hybridized carbons (Fsp3) is 0.545. The van der Waals surface area contributed by atoms with E-state index in [2.05, 4.69) is 9.97 Å². The number of hydrogen-bond donors (Lipinski definition) is 2. The maximum atomic E-state index is 11.3. The van der Waals surface area contributed by atoms with Crippen LogP contribution in [0, 0.1) is 0 Å². The number of fused-ring (bicyclic) bond motifs is 1. The van der Waals surface area contributed by atoms with Gasteiger partial charge in [-0.15, -0.1) is 0 Å². The van der Waals surface area contributed by atoms with E-state index in [4.69, 9.17) is 5.11 Å². The molecule has 1 aliphatic rings. The summed E-state index contributed by atoms with van der Waals surface area (Å²) in [7, 11) is 0. The SMILES string of the molecule is O=C(O)Cc1nc(=O)[nH]c2c1CCCCC2. The molecular weight excluding hydrogens is 208 g/mol. The number of carboxylic acid groups (broad SMARTS) is 1. The minimum atomic E-state index is -0.940. The zero-order chi connectivity index (χ0) is 11.5. The van der Waals surface area contributed by atoms with Crippen molar-refractivity contribution in [2.75, 3.05) is 0 Å². The Morgan fingerprint density at radius 3 is 2.81 bits per heavy atom. The van der Waals surface area contributed by atoms with Gasteiger partial charge >= 0.3 is 11.7 Å². The third kappa shape index (κ3) is 2.29. The van der Waals surface area contributed by atoms with Gasteiger partial charge in [0.25, 0.3) is 0 Å². The van der Waals surface area contributed by atoms with Crippen LogP contribution in [-0.4, -0.2) is 21.0 Å². The first-order valence-electron chi connectivity index (χ1n) is 5.49. The second kappa shape index (κ2) is 4.47. The van der Waals surface area contributed by atoms with E-state index in [9.17, 15) is 9.59 Å². The number of aryl methyl sites for hydroxylation is 1. The van der Waals surface area contributed by atoms with E-state index in [1.54, 1.807) is 0 Å². The molecule has 5 nitrogen and oxygen atoms in total. The number of rotatable bonds is 2. The average molecular weight is 222 g/mol. The molecule has 0 spiro atoms. The normalized spacial score (nSPS) is 15.2. The number of aromatic nitrogens is 2. The summed E-state index contributed by atoms with van der Waals surface area (Å²) in [6.07, 6.45) is 4.67. The Hall–Kier alpha value is -1.65. The second-order valence-electron chi connectivity index (χ2n) is 4.08. The van der Waals surface area contributed by atoms with Crippen LogP contribution in [0.15, 0.2) is 4.79 Å². The summed E-state index contributed by atoms with van der Waals surface area (Å²) >= 11 is 0. The Bertz CT molecular complexity index is 465. The van der Waals surface area contributed by atoms with Crippen LogP contribution >= 0.6 is 0 Å². The maximum absolute atomic E-state index is 11.3. The van der Waals surface area contributed by atoms with E-state index in [0.29, 0.717) is 5.69 Å². The smallest absolute Gasteiger partial charge is 0.345 e. The molecule has 0 amide bonds. The summed E-state index contributed by atoms with van der Waals surface area (Å²) in [5, 5.41) is 8.78. The molecule has 0 bridgehead atoms. The lowest BCUT2D eigenvalue weighted by Gasteiger charge is -2.08. The number of aromatic amines is 1. The monoisotopic (exact) mass is 222 g/mol. The van der Waals surface area contributed by atoms with Crippen molar-refractivity contribution in [2.45, 2.75) is 38.5 Å². The van der Waals surface area contributed by atoms with Crippen LogP contribution in [0.3, 0.4) is 0 Å². The molecule has 0 radical (unpaired) electrons. The first-order chi connectivity index (χ1) is 7.66. The van der Waals surface area contributed by atoms with Crippen LogP contribution < -0.4 is 5.69 Å². The molecule has 5 heteroatoms. The van der Waals surface area contributed by atoms with Crippen molar-refractivity contribution >= 4 is 5.97 Å². The largest absolute Gasteiger partial charge is 0.481 e. The number of carboxylic acids is 1. The number of carbonyl (C=O) groups is 1. The molecule has 0 atom stereocenters. The molecule has 0 fully saturated rings. The first-order valence-corrected chi connectivity index (χ1v) is 5.49. The lowest BCUT2D eigenvalue weighted by Crippen LogP contribution is -2.20. The fourth-order valence-corrected chi connectivity index (χ4v) is 2.18. The number of nitrogens with zero attached hydrogens (tertiary/aromatic N) is 1. The van der Waals surface area contributed by atoms with Gasteiger partial charge in [-0.2, -0.15) is 4.98 Å². The molecule has 1 aliphatic carbocycles. The molecule has 2 N–H and O–H groups in total. The summed E-state index contributed by atoms with van der Waals surface area (Å²) < 4.78 is 0. The molecule has 0 aromatic carbocycles. The minimum absolute atomic E-state index is 0.160. The van der Waals surface area contributed by atoms with Crippen LogP contribution in [0.4, 0.5) is 0 Å². The number of aliphatic carboxylic acids is 1. The molecule has 1 aromatic rings. The first kappa shape index (κ1) is 10.9. The Balaban J connectivity index is 2.46. The van der Waals surface area contributed by atoms with Gasteiger partial charge in [0.2, 0.25) is 0 Å². The molecule has 1 aromatic heterocycles. The van der Waals surface area contributed by atoms with Crippen LogP contribution in [0.2, 0.25) is 0 Å². The van der Waals surface area contributed by atoms with E-state index in [1.165, 1.54) is 0 Å². The van der Waals surface area contributed by atoms with Crippen molar-refractivity contribution in [3.05, 3.63) is 27.4 Å². The number of H-pyrrole nitrogens is 1. The highest BCUT2D eigenvalue weighted by Crippen LogP contribution is 2.20. The van der Waals surface area contributed by atoms with Crippen molar-refractivity contribution in [1.29, 1.82) is 0 Å². The van der Waals surface area contributed by atoms with Gasteiger partial charge in [-0.3, -0.25) is 4.79 Å². The summed E-state index contributed by atoms with van der Waals surface area (Å²) in [6, 6.07) is 0. The zero-order valence-corrected chi connectivity index (χ0v) is 8.95. The van der Waals surface area contributed by atoms with Crippen LogP contribution in [0.1, 0.15) is 36.2 Å². The molecule has 2 rings (SSSR count). The number of hydrogen-bond acceptors (Lipinski definition) is 3. The van der Waals surface area contributed by atoms with Gasteiger partial charge in [0.15, 0.2) is 0 Å². The standard InChI is InChI=1S/C11H14N2O3/c14-10(15)6-9-7-4-2-1-3-5-8(7)12-11(16)13-9/h1-6H2,(H,14,15)(H,12,13,16).